The number of nitrogens with zero attached hydrogens (tertiary/aromatic N) is 1. The molecule has 1 unspecified atom stereocenters. The van der Waals surface area contributed by atoms with E-state index in [2.05, 4.69) is 32.3 Å². The number of hydrogen-bond donors (Lipinski definition) is 1. The van der Waals surface area contributed by atoms with E-state index in [9.17, 15) is 4.79 Å². The van der Waals surface area contributed by atoms with Gasteiger partial charge in [0.05, 0.1) is 0 Å². The number of nitrogens with one attached hydrogen (secondary N) is 1. The van der Waals surface area contributed by atoms with E-state index in [1.807, 2.05) is 0 Å². The fraction of sp³-hybridized carbons (Fsp3) is 0.400. The maximum Gasteiger partial charge on any atom is 0.235 e. The van der Waals surface area contributed by atoms with Crippen molar-refractivity contribution in [2.45, 2.75) is 18.9 Å². The molecule has 5 heteroatoms. The Kier molecular flexibility index (Phi) is 3.26. The van der Waals surface area contributed by atoms with E-state index in [0.717, 1.165) is 23.0 Å². The van der Waals surface area contributed by atoms with Gasteiger partial charge in [0.2, 0.25) is 5.91 Å². The second-order valence-corrected chi connectivity index (χ2v) is 4.75. The number of rotatable bonds is 2. The standard InChI is InChI=1S/C10H10BrClN2O/c11-7-1-6-2-8(14-10(15)4-12)3-9(6)13-5-7/h1,5,8H,2-4H2,(H,14,15). The van der Waals surface area contributed by atoms with E-state index in [4.69, 9.17) is 11.6 Å². The molecule has 80 valence electrons. The predicted octanol–water partition coefficient (Wildman–Crippen LogP) is 1.67. The van der Waals surface area contributed by atoms with E-state index < -0.39 is 0 Å². The highest BCUT2D eigenvalue weighted by molar-refractivity contribution is 9.10. The molecule has 0 radical (unpaired) electrons. The zero-order valence-corrected chi connectivity index (χ0v) is 10.3. The van der Waals surface area contributed by atoms with Crippen LogP contribution in [0.2, 0.25) is 0 Å². The quantitative estimate of drug-likeness (QED) is 0.842. The number of fused-ring (bicyclic) bond motifs is 1. The maximum atomic E-state index is 11.1. The van der Waals surface area contributed by atoms with Gasteiger partial charge in [-0.1, -0.05) is 0 Å². The molecule has 1 N–H and O–H groups in total. The first-order valence-electron chi connectivity index (χ1n) is 4.67. The summed E-state index contributed by atoms with van der Waals surface area (Å²) in [6, 6.07) is 2.20. The van der Waals surface area contributed by atoms with Gasteiger partial charge in [-0.05, 0) is 34.0 Å². The predicted molar refractivity (Wildman–Crippen MR) is 62.0 cm³/mol. The van der Waals surface area contributed by atoms with Gasteiger partial charge in [0.25, 0.3) is 0 Å². The molecule has 0 saturated carbocycles. The van der Waals surface area contributed by atoms with Crippen molar-refractivity contribution in [1.82, 2.24) is 10.3 Å². The van der Waals surface area contributed by atoms with Crippen molar-refractivity contribution >= 4 is 33.4 Å². The van der Waals surface area contributed by atoms with E-state index in [0.29, 0.717) is 0 Å². The zero-order valence-electron chi connectivity index (χ0n) is 7.96. The topological polar surface area (TPSA) is 42.0 Å². The minimum Gasteiger partial charge on any atom is -0.352 e. The van der Waals surface area contributed by atoms with Crippen LogP contribution in [0.15, 0.2) is 16.7 Å². The van der Waals surface area contributed by atoms with Crippen molar-refractivity contribution in [3.05, 3.63) is 28.0 Å². The van der Waals surface area contributed by atoms with Crippen LogP contribution in [-0.2, 0) is 17.6 Å². The first kappa shape index (κ1) is 10.9. The third-order valence-corrected chi connectivity index (χ3v) is 3.10. The van der Waals surface area contributed by atoms with Gasteiger partial charge in [-0.15, -0.1) is 11.6 Å². The number of amides is 1. The van der Waals surface area contributed by atoms with Gasteiger partial charge in [-0.25, -0.2) is 0 Å². The SMILES string of the molecule is O=C(CCl)NC1Cc2cc(Br)cnc2C1. The second-order valence-electron chi connectivity index (χ2n) is 3.57. The van der Waals surface area contributed by atoms with Gasteiger partial charge in [0.1, 0.15) is 5.88 Å². The van der Waals surface area contributed by atoms with Crippen LogP contribution < -0.4 is 5.32 Å². The molecule has 3 nitrogen and oxygen atoms in total. The smallest absolute Gasteiger partial charge is 0.235 e. The third-order valence-electron chi connectivity index (χ3n) is 2.42. The number of hydrogen-bond acceptors (Lipinski definition) is 2. The summed E-state index contributed by atoms with van der Waals surface area (Å²) < 4.78 is 0.977. The number of halogens is 2. The van der Waals surface area contributed by atoms with Crippen LogP contribution in [0.4, 0.5) is 0 Å². The molecule has 0 fully saturated rings. The van der Waals surface area contributed by atoms with Crippen LogP contribution in [0.1, 0.15) is 11.3 Å². The molecule has 1 atom stereocenters. The van der Waals surface area contributed by atoms with Crippen LogP contribution >= 0.6 is 27.5 Å². The zero-order chi connectivity index (χ0) is 10.8. The number of aromatic nitrogens is 1. The number of carbonyl (C=O) groups is 1. The van der Waals surface area contributed by atoms with Crippen LogP contribution in [0.3, 0.4) is 0 Å². The first-order valence-corrected chi connectivity index (χ1v) is 6.00. The highest BCUT2D eigenvalue weighted by atomic mass is 79.9. The van der Waals surface area contributed by atoms with Gasteiger partial charge >= 0.3 is 0 Å². The lowest BCUT2D eigenvalue weighted by Gasteiger charge is -2.09. The molecule has 1 heterocycles. The van der Waals surface area contributed by atoms with Crippen LogP contribution in [0.5, 0.6) is 0 Å². The maximum absolute atomic E-state index is 11.1. The molecule has 1 amide bonds. The fourth-order valence-corrected chi connectivity index (χ4v) is 2.27. The lowest BCUT2D eigenvalue weighted by atomic mass is 10.2. The Hall–Kier alpha value is -0.610. The van der Waals surface area contributed by atoms with Crippen LogP contribution in [0.25, 0.3) is 0 Å². The van der Waals surface area contributed by atoms with Gasteiger partial charge in [-0.2, -0.15) is 0 Å². The van der Waals surface area contributed by atoms with Crippen molar-refractivity contribution in [2.24, 2.45) is 0 Å². The normalized spacial score (nSPS) is 18.7. The van der Waals surface area contributed by atoms with E-state index in [1.54, 1.807) is 6.20 Å². The summed E-state index contributed by atoms with van der Waals surface area (Å²) in [5.74, 6) is -0.0993. The van der Waals surface area contributed by atoms with Gasteiger partial charge < -0.3 is 5.32 Å². The molecule has 0 aromatic carbocycles. The van der Waals surface area contributed by atoms with Gasteiger partial charge in [0, 0.05) is 28.8 Å². The average Bonchev–Trinajstić information content (AvgIpc) is 2.59. The summed E-state index contributed by atoms with van der Waals surface area (Å²) in [6.45, 7) is 0. The molecule has 1 aliphatic carbocycles. The van der Waals surface area contributed by atoms with E-state index in [-0.39, 0.29) is 17.8 Å². The van der Waals surface area contributed by atoms with Crippen molar-refractivity contribution < 1.29 is 4.79 Å². The Balaban J connectivity index is 2.06. The molecule has 1 aliphatic rings. The second kappa shape index (κ2) is 4.49. The number of pyridine rings is 1. The van der Waals surface area contributed by atoms with E-state index in [1.165, 1.54) is 5.56 Å². The molecule has 1 aromatic rings. The molecular formula is C10H10BrClN2O. The highest BCUT2D eigenvalue weighted by Gasteiger charge is 2.23. The monoisotopic (exact) mass is 288 g/mol. The van der Waals surface area contributed by atoms with Gasteiger partial charge in [-0.3, -0.25) is 9.78 Å². The summed E-state index contributed by atoms with van der Waals surface area (Å²) in [6.07, 6.45) is 3.42. The molecule has 1 aromatic heterocycles. The number of alkyl halides is 1. The van der Waals surface area contributed by atoms with Gasteiger partial charge in [0.15, 0.2) is 0 Å². The minimum atomic E-state index is -0.117. The Morgan fingerprint density at radius 1 is 1.67 bits per heavy atom. The van der Waals surface area contributed by atoms with Crippen LogP contribution in [0, 0.1) is 0 Å². The van der Waals surface area contributed by atoms with Crippen LogP contribution in [-0.4, -0.2) is 22.8 Å². The lowest BCUT2D eigenvalue weighted by Crippen LogP contribution is -2.36. The van der Waals surface area contributed by atoms with Crippen molar-refractivity contribution in [3.63, 3.8) is 0 Å². The average molecular weight is 290 g/mol. The van der Waals surface area contributed by atoms with Crippen molar-refractivity contribution in [3.8, 4) is 0 Å². The summed E-state index contributed by atoms with van der Waals surface area (Å²) in [5, 5.41) is 2.87. The third kappa shape index (κ3) is 2.49. The number of carbonyl (C=O) groups excluding carboxylic acids is 1. The molecule has 2 rings (SSSR count). The molecular weight excluding hydrogens is 279 g/mol. The molecule has 0 saturated heterocycles. The van der Waals surface area contributed by atoms with E-state index >= 15 is 0 Å². The largest absolute Gasteiger partial charge is 0.352 e. The highest BCUT2D eigenvalue weighted by Crippen LogP contribution is 2.23. The first-order chi connectivity index (χ1) is 7.19. The molecule has 0 spiro atoms. The van der Waals surface area contributed by atoms with Crippen molar-refractivity contribution in [2.75, 3.05) is 5.88 Å². The summed E-state index contributed by atoms with van der Waals surface area (Å²) in [5.41, 5.74) is 2.27. The molecule has 0 aliphatic heterocycles. The Bertz CT molecular complexity index is 397. The minimum absolute atomic E-state index is 0.0178. The summed E-state index contributed by atoms with van der Waals surface area (Å²) >= 11 is 8.81. The molecule has 15 heavy (non-hydrogen) atoms. The van der Waals surface area contributed by atoms with Crippen molar-refractivity contribution in [1.29, 1.82) is 0 Å². The fourth-order valence-electron chi connectivity index (χ4n) is 1.81. The Labute approximate surface area is 101 Å². The Morgan fingerprint density at radius 2 is 2.47 bits per heavy atom. The summed E-state index contributed by atoms with van der Waals surface area (Å²) in [4.78, 5) is 15.4. The molecule has 0 bridgehead atoms. The Morgan fingerprint density at radius 3 is 3.20 bits per heavy atom. The summed E-state index contributed by atoms with van der Waals surface area (Å²) in [7, 11) is 0. The lowest BCUT2D eigenvalue weighted by molar-refractivity contribution is -0.119.